The molecule has 0 saturated carbocycles. The number of amides is 4. The van der Waals surface area contributed by atoms with E-state index in [9.17, 15) is 24.5 Å². The number of urea groups is 1. The predicted molar refractivity (Wildman–Crippen MR) is 167 cm³/mol. The van der Waals surface area contributed by atoms with Crippen LogP contribution in [0.15, 0.2) is 90.5 Å². The third-order valence-corrected chi connectivity index (χ3v) is 7.27. The average molecular weight is 648 g/mol. The topological polar surface area (TPSA) is 137 Å². The van der Waals surface area contributed by atoms with Gasteiger partial charge in [0.1, 0.15) is 24.5 Å². The maximum absolute atomic E-state index is 13.4. The molecule has 1 saturated heterocycles. The summed E-state index contributed by atoms with van der Waals surface area (Å²) < 4.78 is 17.0. The zero-order chi connectivity index (χ0) is 32.1. The molecule has 13 heteroatoms. The molecular weight excluding hydrogens is 625 g/mol. The number of benzene rings is 4. The van der Waals surface area contributed by atoms with Gasteiger partial charge in [0.15, 0.2) is 11.5 Å². The Bertz CT molecular complexity index is 1840. The molecule has 4 amide bonds. The Morgan fingerprint density at radius 2 is 1.64 bits per heavy atom. The molecule has 45 heavy (non-hydrogen) atoms. The van der Waals surface area contributed by atoms with Crippen LogP contribution in [0, 0.1) is 10.1 Å². The highest BCUT2D eigenvalue weighted by atomic mass is 35.5. The normalized spacial score (nSPS) is 13.9. The molecule has 11 nitrogen and oxygen atoms in total. The number of non-ortho nitro benzene ring substituents is 1. The minimum absolute atomic E-state index is 0.0417. The molecule has 0 spiro atoms. The molecule has 4 aromatic carbocycles. The highest BCUT2D eigenvalue weighted by Gasteiger charge is 2.37. The predicted octanol–water partition coefficient (Wildman–Crippen LogP) is 6.73. The van der Waals surface area contributed by atoms with Gasteiger partial charge >= 0.3 is 6.03 Å². The van der Waals surface area contributed by atoms with Crippen LogP contribution in [-0.4, -0.2) is 29.9 Å². The van der Waals surface area contributed by atoms with Gasteiger partial charge in [-0.3, -0.25) is 25.0 Å². The SMILES string of the molecule is COc1cc(/C=C2\C(=O)NC(=O)N(c3ccc(OCc4ccccc4Cl)cc3)C2=O)cc(Cl)c1OCc1cccc([N+](=O)[O-])c1. The highest BCUT2D eigenvalue weighted by Crippen LogP contribution is 2.38. The number of carbonyl (C=O) groups is 3. The third kappa shape index (κ3) is 7.06. The molecule has 0 bridgehead atoms. The van der Waals surface area contributed by atoms with E-state index < -0.39 is 22.8 Å². The number of hydrogen-bond donors (Lipinski definition) is 1. The summed E-state index contributed by atoms with van der Waals surface area (Å²) in [5, 5.41) is 13.9. The molecule has 1 N–H and O–H groups in total. The van der Waals surface area contributed by atoms with Crippen molar-refractivity contribution in [1.29, 1.82) is 0 Å². The number of nitro groups is 1. The number of hydrogen-bond acceptors (Lipinski definition) is 8. The van der Waals surface area contributed by atoms with Crippen LogP contribution in [0.4, 0.5) is 16.2 Å². The summed E-state index contributed by atoms with van der Waals surface area (Å²) in [6.45, 7) is 0.175. The number of ether oxygens (including phenoxy) is 3. The molecule has 1 heterocycles. The highest BCUT2D eigenvalue weighted by molar-refractivity contribution is 6.39. The molecule has 0 radical (unpaired) electrons. The van der Waals surface area contributed by atoms with Crippen LogP contribution in [0.2, 0.25) is 10.0 Å². The van der Waals surface area contributed by atoms with Crippen molar-refractivity contribution in [2.45, 2.75) is 13.2 Å². The first kappa shape index (κ1) is 31.0. The molecule has 4 aromatic rings. The van der Waals surface area contributed by atoms with Crippen molar-refractivity contribution in [3.63, 3.8) is 0 Å². The number of nitro benzene ring substituents is 1. The van der Waals surface area contributed by atoms with E-state index in [2.05, 4.69) is 5.32 Å². The molecule has 1 fully saturated rings. The van der Waals surface area contributed by atoms with E-state index in [1.165, 1.54) is 55.7 Å². The van der Waals surface area contributed by atoms with Gasteiger partial charge in [-0.25, -0.2) is 9.69 Å². The summed E-state index contributed by atoms with van der Waals surface area (Å²) in [7, 11) is 1.38. The van der Waals surface area contributed by atoms with Crippen LogP contribution in [-0.2, 0) is 22.8 Å². The van der Waals surface area contributed by atoms with Gasteiger partial charge in [0.2, 0.25) is 0 Å². The molecule has 1 aliphatic heterocycles. The number of carbonyl (C=O) groups excluding carboxylic acids is 3. The first-order valence-corrected chi connectivity index (χ1v) is 14.0. The van der Waals surface area contributed by atoms with Gasteiger partial charge in [0.05, 0.1) is 22.7 Å². The monoisotopic (exact) mass is 647 g/mol. The van der Waals surface area contributed by atoms with Crippen LogP contribution in [0.1, 0.15) is 16.7 Å². The van der Waals surface area contributed by atoms with Gasteiger partial charge < -0.3 is 14.2 Å². The molecule has 5 rings (SSSR count). The number of nitrogens with zero attached hydrogens (tertiary/aromatic N) is 2. The Morgan fingerprint density at radius 3 is 2.36 bits per heavy atom. The van der Waals surface area contributed by atoms with Gasteiger partial charge in [0, 0.05) is 22.7 Å². The summed E-state index contributed by atoms with van der Waals surface area (Å²) in [5.74, 6) is -0.925. The Kier molecular flexibility index (Phi) is 9.31. The summed E-state index contributed by atoms with van der Waals surface area (Å²) in [6, 6.07) is 21.4. The van der Waals surface area contributed by atoms with Crippen molar-refractivity contribution in [1.82, 2.24) is 5.32 Å². The van der Waals surface area contributed by atoms with E-state index in [1.54, 1.807) is 24.3 Å². The standard InChI is InChI=1S/C32H23Cl2N3O8/c1-43-28-16-20(15-27(34)29(28)45-17-19-5-4-7-23(13-19)37(41)42)14-25-30(38)35-32(40)36(31(25)39)22-9-11-24(12-10-22)44-18-21-6-2-3-8-26(21)33/h2-16H,17-18H2,1H3,(H,35,38,40)/b25-14+. The number of anilines is 1. The van der Waals surface area contributed by atoms with Crippen molar-refractivity contribution in [2.24, 2.45) is 0 Å². The van der Waals surface area contributed by atoms with E-state index in [0.717, 1.165) is 10.5 Å². The van der Waals surface area contributed by atoms with Crippen LogP contribution in [0.25, 0.3) is 6.08 Å². The Labute approximate surface area is 266 Å². The molecule has 0 atom stereocenters. The van der Waals surface area contributed by atoms with Crippen molar-refractivity contribution in [2.75, 3.05) is 12.0 Å². The Balaban J connectivity index is 1.34. The summed E-state index contributed by atoms with van der Waals surface area (Å²) in [4.78, 5) is 50.2. The first-order valence-electron chi connectivity index (χ1n) is 13.3. The number of methoxy groups -OCH3 is 1. The van der Waals surface area contributed by atoms with E-state index in [0.29, 0.717) is 21.9 Å². The lowest BCUT2D eigenvalue weighted by Gasteiger charge is -2.26. The fourth-order valence-corrected chi connectivity index (χ4v) is 4.87. The van der Waals surface area contributed by atoms with Crippen molar-refractivity contribution in [3.8, 4) is 17.2 Å². The summed E-state index contributed by atoms with van der Waals surface area (Å²) in [5.41, 5.74) is 1.44. The van der Waals surface area contributed by atoms with E-state index >= 15 is 0 Å². The van der Waals surface area contributed by atoms with Crippen LogP contribution >= 0.6 is 23.2 Å². The lowest BCUT2D eigenvalue weighted by molar-refractivity contribution is -0.384. The molecule has 0 unspecified atom stereocenters. The molecule has 1 aliphatic rings. The van der Waals surface area contributed by atoms with E-state index in [4.69, 9.17) is 37.4 Å². The van der Waals surface area contributed by atoms with Gasteiger partial charge in [-0.05, 0) is 59.7 Å². The second kappa shape index (κ2) is 13.5. The fraction of sp³-hybridized carbons (Fsp3) is 0.0938. The Morgan fingerprint density at radius 1 is 0.889 bits per heavy atom. The first-order chi connectivity index (χ1) is 21.6. The number of nitrogens with one attached hydrogen (secondary N) is 1. The minimum Gasteiger partial charge on any atom is -0.493 e. The summed E-state index contributed by atoms with van der Waals surface area (Å²) in [6.07, 6.45) is 1.27. The van der Waals surface area contributed by atoms with Gasteiger partial charge in [-0.2, -0.15) is 0 Å². The zero-order valence-electron chi connectivity index (χ0n) is 23.5. The maximum atomic E-state index is 13.4. The quantitative estimate of drug-likeness (QED) is 0.0865. The number of halogens is 2. The molecule has 0 aliphatic carbocycles. The summed E-state index contributed by atoms with van der Waals surface area (Å²) >= 11 is 12.7. The van der Waals surface area contributed by atoms with Gasteiger partial charge in [-0.15, -0.1) is 0 Å². The van der Waals surface area contributed by atoms with Gasteiger partial charge in [0.25, 0.3) is 17.5 Å². The second-order valence-electron chi connectivity index (χ2n) is 9.58. The lowest BCUT2D eigenvalue weighted by Crippen LogP contribution is -2.54. The van der Waals surface area contributed by atoms with E-state index in [1.807, 2.05) is 18.2 Å². The molecular formula is C32H23Cl2N3O8. The van der Waals surface area contributed by atoms with Crippen molar-refractivity contribution in [3.05, 3.63) is 127 Å². The lowest BCUT2D eigenvalue weighted by atomic mass is 10.1. The number of barbiturate groups is 1. The smallest absolute Gasteiger partial charge is 0.335 e. The fourth-order valence-electron chi connectivity index (χ4n) is 4.41. The second-order valence-corrected chi connectivity index (χ2v) is 10.4. The Hall–Kier alpha value is -5.39. The number of rotatable bonds is 10. The minimum atomic E-state index is -0.910. The largest absolute Gasteiger partial charge is 0.493 e. The zero-order valence-corrected chi connectivity index (χ0v) is 25.0. The van der Waals surface area contributed by atoms with Gasteiger partial charge in [-0.1, -0.05) is 53.5 Å². The van der Waals surface area contributed by atoms with Crippen LogP contribution < -0.4 is 24.4 Å². The third-order valence-electron chi connectivity index (χ3n) is 6.62. The van der Waals surface area contributed by atoms with Crippen molar-refractivity contribution < 1.29 is 33.5 Å². The van der Waals surface area contributed by atoms with Crippen LogP contribution in [0.5, 0.6) is 17.2 Å². The number of imide groups is 2. The average Bonchev–Trinajstić information content (AvgIpc) is 3.02. The molecule has 0 aromatic heterocycles. The van der Waals surface area contributed by atoms with E-state index in [-0.39, 0.29) is 46.7 Å². The van der Waals surface area contributed by atoms with Crippen molar-refractivity contribution >= 4 is 58.5 Å². The molecule has 228 valence electrons. The van der Waals surface area contributed by atoms with Crippen LogP contribution in [0.3, 0.4) is 0 Å². The maximum Gasteiger partial charge on any atom is 0.335 e.